The molecule has 0 radical (unpaired) electrons. The predicted octanol–water partition coefficient (Wildman–Crippen LogP) is 13.2. The number of rotatable bonds is 3. The molecule has 50 heavy (non-hydrogen) atoms. The van der Waals surface area contributed by atoms with Gasteiger partial charge in [-0.05, 0) is 87.7 Å². The maximum atomic E-state index is 8.20. The largest absolute Gasteiger partial charge is 0.309 e. The van der Waals surface area contributed by atoms with Gasteiger partial charge in [-0.1, -0.05) is 108 Å². The number of hydrogen-bond donors (Lipinski definition) is 0. The van der Waals surface area contributed by atoms with E-state index in [1.807, 2.05) is 24.3 Å². The average Bonchev–Trinajstić information content (AvgIpc) is 3.62. The Morgan fingerprint density at radius 3 is 1.56 bits per heavy atom. The summed E-state index contributed by atoms with van der Waals surface area (Å²) in [5.74, 6) is 0. The predicted molar refractivity (Wildman–Crippen MR) is 210 cm³/mol. The second kappa shape index (κ2) is 11.2. The molecule has 0 fully saturated rings. The SMILES string of the molecule is [C-]#[N+]c1cccc([N+]#[C-])c1-c1cc(-n2c3ccc(C(C)(C)C)cc3c3cc(C(C)(C)C)ccc32)cc2c3ccccc3n(-c3ccccc3)c12. The van der Waals surface area contributed by atoms with Gasteiger partial charge < -0.3 is 9.13 Å². The van der Waals surface area contributed by atoms with Crippen molar-refractivity contribution in [2.24, 2.45) is 0 Å². The molecule has 6 aromatic carbocycles. The van der Waals surface area contributed by atoms with Crippen molar-refractivity contribution in [1.82, 2.24) is 9.13 Å². The lowest BCUT2D eigenvalue weighted by Gasteiger charge is -2.19. The first-order chi connectivity index (χ1) is 24.0. The van der Waals surface area contributed by atoms with E-state index < -0.39 is 0 Å². The lowest BCUT2D eigenvalue weighted by molar-refractivity contribution is 0.590. The van der Waals surface area contributed by atoms with E-state index in [2.05, 4.69) is 157 Å². The van der Waals surface area contributed by atoms with Crippen LogP contribution in [0, 0.1) is 13.1 Å². The van der Waals surface area contributed by atoms with Crippen LogP contribution in [0.15, 0.2) is 121 Å². The third-order valence-electron chi connectivity index (χ3n) is 10.1. The van der Waals surface area contributed by atoms with Gasteiger partial charge in [0.25, 0.3) is 0 Å². The minimum atomic E-state index is -0.00474. The van der Waals surface area contributed by atoms with Gasteiger partial charge in [0.05, 0.1) is 35.2 Å². The van der Waals surface area contributed by atoms with Crippen molar-refractivity contribution in [2.75, 3.05) is 0 Å². The van der Waals surface area contributed by atoms with Gasteiger partial charge in [-0.15, -0.1) is 0 Å². The first kappa shape index (κ1) is 31.2. The van der Waals surface area contributed by atoms with Crippen molar-refractivity contribution in [3.8, 4) is 22.5 Å². The molecule has 0 aliphatic carbocycles. The molecule has 0 spiro atoms. The zero-order valence-corrected chi connectivity index (χ0v) is 29.3. The highest BCUT2D eigenvalue weighted by atomic mass is 15.0. The highest BCUT2D eigenvalue weighted by Crippen LogP contribution is 2.47. The van der Waals surface area contributed by atoms with Crippen molar-refractivity contribution in [3.05, 3.63) is 155 Å². The van der Waals surface area contributed by atoms with Crippen LogP contribution in [-0.4, -0.2) is 9.13 Å². The Balaban J connectivity index is 1.58. The fourth-order valence-corrected chi connectivity index (χ4v) is 7.47. The minimum absolute atomic E-state index is 0.00474. The monoisotopic (exact) mass is 646 g/mol. The first-order valence-corrected chi connectivity index (χ1v) is 17.1. The number of para-hydroxylation sites is 2. The standard InChI is InChI=1S/C46H38N4/c1-45(2,3)29-21-23-41-34(25-29)35-26-30(46(4,5)6)22-24-42(35)49(41)32-27-36-33-17-12-13-20-40(33)50(31-15-10-9-11-16-31)44(36)37(28-32)43-38(47-7)18-14-19-39(43)48-8/h9-28H,1-6H3. The fourth-order valence-electron chi connectivity index (χ4n) is 7.47. The molecule has 0 saturated heterocycles. The van der Waals surface area contributed by atoms with Gasteiger partial charge in [-0.25, -0.2) is 9.69 Å². The van der Waals surface area contributed by atoms with Crippen LogP contribution in [0.25, 0.3) is 75.8 Å². The highest BCUT2D eigenvalue weighted by molar-refractivity contribution is 6.17. The molecular formula is C46H38N4. The summed E-state index contributed by atoms with van der Waals surface area (Å²) in [5, 5.41) is 4.62. The van der Waals surface area contributed by atoms with E-state index in [-0.39, 0.29) is 10.8 Å². The highest BCUT2D eigenvalue weighted by Gasteiger charge is 2.25. The Kier molecular flexibility index (Phi) is 7.00. The summed E-state index contributed by atoms with van der Waals surface area (Å²) in [6, 6.07) is 42.6. The molecule has 0 bridgehead atoms. The van der Waals surface area contributed by atoms with Gasteiger partial charge in [-0.2, -0.15) is 0 Å². The maximum Gasteiger partial charge on any atom is 0.184 e. The summed E-state index contributed by atoms with van der Waals surface area (Å²) in [5.41, 5.74) is 11.4. The van der Waals surface area contributed by atoms with Crippen LogP contribution in [0.2, 0.25) is 0 Å². The van der Waals surface area contributed by atoms with E-state index in [9.17, 15) is 0 Å². The molecule has 2 aromatic heterocycles. The minimum Gasteiger partial charge on any atom is -0.309 e. The summed E-state index contributed by atoms with van der Waals surface area (Å²) >= 11 is 0. The van der Waals surface area contributed by atoms with E-state index in [1.54, 1.807) is 0 Å². The number of nitrogens with zero attached hydrogens (tertiary/aromatic N) is 4. The van der Waals surface area contributed by atoms with Gasteiger partial charge in [0.2, 0.25) is 0 Å². The van der Waals surface area contributed by atoms with E-state index in [1.165, 1.54) is 21.9 Å². The lowest BCUT2D eigenvalue weighted by atomic mass is 9.85. The quantitative estimate of drug-likeness (QED) is 0.170. The third kappa shape index (κ3) is 4.80. The Bertz CT molecular complexity index is 2630. The molecule has 0 aliphatic rings. The molecule has 4 heteroatoms. The van der Waals surface area contributed by atoms with Crippen LogP contribution in [0.5, 0.6) is 0 Å². The number of fused-ring (bicyclic) bond motifs is 6. The van der Waals surface area contributed by atoms with E-state index in [0.717, 1.165) is 49.8 Å². The Morgan fingerprint density at radius 2 is 1.00 bits per heavy atom. The molecule has 8 aromatic rings. The fraction of sp³-hybridized carbons (Fsp3) is 0.174. The zero-order chi connectivity index (χ0) is 34.9. The smallest absolute Gasteiger partial charge is 0.184 e. The summed E-state index contributed by atoms with van der Waals surface area (Å²) < 4.78 is 4.66. The topological polar surface area (TPSA) is 18.6 Å². The van der Waals surface area contributed by atoms with Crippen LogP contribution in [0.3, 0.4) is 0 Å². The summed E-state index contributed by atoms with van der Waals surface area (Å²) in [7, 11) is 0. The van der Waals surface area contributed by atoms with Crippen molar-refractivity contribution in [3.63, 3.8) is 0 Å². The summed E-state index contributed by atoms with van der Waals surface area (Å²) in [4.78, 5) is 7.93. The van der Waals surface area contributed by atoms with Crippen molar-refractivity contribution in [2.45, 2.75) is 52.4 Å². The van der Waals surface area contributed by atoms with Gasteiger partial charge in [0.15, 0.2) is 11.4 Å². The first-order valence-electron chi connectivity index (χ1n) is 17.1. The van der Waals surface area contributed by atoms with E-state index >= 15 is 0 Å². The molecule has 2 heterocycles. The van der Waals surface area contributed by atoms with Crippen LogP contribution in [0.4, 0.5) is 11.4 Å². The molecule has 4 nitrogen and oxygen atoms in total. The van der Waals surface area contributed by atoms with Gasteiger partial charge in [0.1, 0.15) is 0 Å². The van der Waals surface area contributed by atoms with E-state index in [0.29, 0.717) is 16.9 Å². The molecule has 0 amide bonds. The van der Waals surface area contributed by atoms with E-state index in [4.69, 9.17) is 13.1 Å². The number of aromatic nitrogens is 2. The molecule has 0 unspecified atom stereocenters. The molecule has 242 valence electrons. The number of hydrogen-bond acceptors (Lipinski definition) is 0. The van der Waals surface area contributed by atoms with Crippen molar-refractivity contribution in [1.29, 1.82) is 0 Å². The molecule has 8 rings (SSSR count). The maximum absolute atomic E-state index is 8.20. The van der Waals surface area contributed by atoms with Crippen LogP contribution in [-0.2, 0) is 10.8 Å². The Morgan fingerprint density at radius 1 is 0.460 bits per heavy atom. The summed E-state index contributed by atoms with van der Waals surface area (Å²) in [6.07, 6.45) is 0. The zero-order valence-electron chi connectivity index (χ0n) is 29.3. The molecule has 0 N–H and O–H groups in total. The molecular weight excluding hydrogens is 609 g/mol. The second-order valence-electron chi connectivity index (χ2n) is 15.3. The summed E-state index contributed by atoms with van der Waals surface area (Å²) in [6.45, 7) is 30.0. The van der Waals surface area contributed by atoms with Crippen molar-refractivity contribution >= 4 is 55.0 Å². The molecule has 0 aliphatic heterocycles. The normalized spacial score (nSPS) is 12.2. The van der Waals surface area contributed by atoms with Crippen molar-refractivity contribution < 1.29 is 0 Å². The number of benzene rings is 6. The Hall–Kier alpha value is -6.10. The lowest BCUT2D eigenvalue weighted by Crippen LogP contribution is -2.10. The van der Waals surface area contributed by atoms with Crippen LogP contribution >= 0.6 is 0 Å². The van der Waals surface area contributed by atoms with Gasteiger partial charge in [-0.3, -0.25) is 0 Å². The van der Waals surface area contributed by atoms with Gasteiger partial charge >= 0.3 is 0 Å². The third-order valence-corrected chi connectivity index (χ3v) is 10.1. The molecule has 0 atom stereocenters. The van der Waals surface area contributed by atoms with Crippen LogP contribution in [0.1, 0.15) is 52.7 Å². The second-order valence-corrected chi connectivity index (χ2v) is 15.3. The molecule has 0 saturated carbocycles. The van der Waals surface area contributed by atoms with Gasteiger partial charge in [0, 0.05) is 32.9 Å². The average molecular weight is 647 g/mol. The van der Waals surface area contributed by atoms with Crippen LogP contribution < -0.4 is 0 Å². The Labute approximate surface area is 293 Å².